The van der Waals surface area contributed by atoms with Crippen molar-refractivity contribution in [3.05, 3.63) is 18.2 Å². The third kappa shape index (κ3) is 7.38. The van der Waals surface area contributed by atoms with Gasteiger partial charge in [0.25, 0.3) is 5.78 Å². The van der Waals surface area contributed by atoms with Crippen LogP contribution in [-0.4, -0.2) is 33.6 Å². The molecule has 6 heteroatoms. The first-order chi connectivity index (χ1) is 9.21. The fraction of sp³-hybridized carbons (Fsp3) is 0.571. The summed E-state index contributed by atoms with van der Waals surface area (Å²) in [5.41, 5.74) is 7.26. The minimum absolute atomic E-state index is 0.00547. The fourth-order valence-corrected chi connectivity index (χ4v) is 1.30. The zero-order valence-electron chi connectivity index (χ0n) is 12.1. The molecule has 110 valence electrons. The SMILES string of the molecule is C=CCCC(=O)CCC(=O)C(=[N+]=[N-])C(=O)OC(C)(C)C. The summed E-state index contributed by atoms with van der Waals surface area (Å²) < 4.78 is 4.93. The molecule has 0 saturated heterocycles. The van der Waals surface area contributed by atoms with E-state index in [4.69, 9.17) is 10.3 Å². The highest BCUT2D eigenvalue weighted by atomic mass is 16.6. The van der Waals surface area contributed by atoms with Gasteiger partial charge in [0.1, 0.15) is 11.4 Å². The summed E-state index contributed by atoms with van der Waals surface area (Å²) in [4.78, 5) is 37.4. The molecule has 0 spiro atoms. The molecule has 0 aliphatic rings. The van der Waals surface area contributed by atoms with E-state index in [0.717, 1.165) is 0 Å². The number of esters is 1. The quantitative estimate of drug-likeness (QED) is 0.169. The lowest BCUT2D eigenvalue weighted by atomic mass is 10.1. The van der Waals surface area contributed by atoms with Gasteiger partial charge in [-0.3, -0.25) is 9.59 Å². The Kier molecular flexibility index (Phi) is 7.33. The fourth-order valence-electron chi connectivity index (χ4n) is 1.30. The predicted molar refractivity (Wildman–Crippen MR) is 73.2 cm³/mol. The summed E-state index contributed by atoms with van der Waals surface area (Å²) in [6.07, 6.45) is 2.26. The molecular formula is C14H20N2O4. The van der Waals surface area contributed by atoms with E-state index in [1.807, 2.05) is 0 Å². The largest absolute Gasteiger partial charge is 0.451 e. The van der Waals surface area contributed by atoms with E-state index >= 15 is 0 Å². The van der Waals surface area contributed by atoms with Gasteiger partial charge < -0.3 is 10.3 Å². The van der Waals surface area contributed by atoms with Crippen molar-refractivity contribution in [3.63, 3.8) is 0 Å². The highest BCUT2D eigenvalue weighted by Crippen LogP contribution is 2.08. The monoisotopic (exact) mass is 280 g/mol. The second kappa shape index (κ2) is 8.17. The average molecular weight is 280 g/mol. The van der Waals surface area contributed by atoms with Gasteiger partial charge in [-0.2, -0.15) is 4.79 Å². The molecule has 0 rings (SSSR count). The van der Waals surface area contributed by atoms with E-state index < -0.39 is 23.1 Å². The standard InChI is InChI=1S/C14H20N2O4/c1-5-6-7-10(17)8-9-11(18)12(16-15)13(19)20-14(2,3)4/h5H,1,6-9H2,2-4H3. The van der Waals surface area contributed by atoms with Gasteiger partial charge in [0.2, 0.25) is 0 Å². The lowest BCUT2D eigenvalue weighted by molar-refractivity contribution is -0.152. The summed E-state index contributed by atoms with van der Waals surface area (Å²) in [6, 6.07) is 0. The molecule has 0 fully saturated rings. The van der Waals surface area contributed by atoms with Crippen LogP contribution >= 0.6 is 0 Å². The van der Waals surface area contributed by atoms with Gasteiger partial charge in [0.15, 0.2) is 0 Å². The summed E-state index contributed by atoms with van der Waals surface area (Å²) in [6.45, 7) is 8.38. The van der Waals surface area contributed by atoms with Gasteiger partial charge in [-0.25, -0.2) is 4.79 Å². The Bertz CT molecular complexity index is 454. The first-order valence-corrected chi connectivity index (χ1v) is 6.32. The van der Waals surface area contributed by atoms with Crippen molar-refractivity contribution in [2.45, 2.75) is 52.1 Å². The van der Waals surface area contributed by atoms with Crippen LogP contribution in [0.4, 0.5) is 0 Å². The van der Waals surface area contributed by atoms with Crippen LogP contribution < -0.4 is 0 Å². The topological polar surface area (TPSA) is 96.8 Å². The molecule has 6 nitrogen and oxygen atoms in total. The molecule has 0 unspecified atom stereocenters. The number of ketones is 2. The van der Waals surface area contributed by atoms with Crippen LogP contribution in [0.2, 0.25) is 0 Å². The molecular weight excluding hydrogens is 260 g/mol. The predicted octanol–water partition coefficient (Wildman–Crippen LogP) is 1.88. The van der Waals surface area contributed by atoms with E-state index in [0.29, 0.717) is 12.8 Å². The van der Waals surface area contributed by atoms with E-state index in [9.17, 15) is 14.4 Å². The summed E-state index contributed by atoms with van der Waals surface area (Å²) in [5.74, 6) is -1.82. The zero-order valence-corrected chi connectivity index (χ0v) is 12.1. The molecule has 0 heterocycles. The average Bonchev–Trinajstić information content (AvgIpc) is 2.32. The van der Waals surface area contributed by atoms with E-state index in [2.05, 4.69) is 11.4 Å². The van der Waals surface area contributed by atoms with Crippen LogP contribution in [0, 0.1) is 0 Å². The second-order valence-corrected chi connectivity index (χ2v) is 5.24. The van der Waals surface area contributed by atoms with Gasteiger partial charge in [0, 0.05) is 19.3 Å². The van der Waals surface area contributed by atoms with Crippen molar-refractivity contribution in [1.29, 1.82) is 0 Å². The van der Waals surface area contributed by atoms with Gasteiger partial charge in [-0.05, 0) is 27.2 Å². The molecule has 0 saturated carbocycles. The Labute approximate surface area is 118 Å². The Balaban J connectivity index is 4.51. The molecule has 0 radical (unpaired) electrons. The van der Waals surface area contributed by atoms with E-state index in [-0.39, 0.29) is 18.6 Å². The van der Waals surface area contributed by atoms with Crippen molar-refractivity contribution in [2.75, 3.05) is 0 Å². The normalized spacial score (nSPS) is 10.3. The Morgan fingerprint density at radius 3 is 2.25 bits per heavy atom. The Morgan fingerprint density at radius 2 is 1.80 bits per heavy atom. The number of allylic oxidation sites excluding steroid dienone is 1. The van der Waals surface area contributed by atoms with Crippen molar-refractivity contribution < 1.29 is 23.9 Å². The third-order valence-electron chi connectivity index (χ3n) is 2.21. The summed E-state index contributed by atoms with van der Waals surface area (Å²) >= 11 is 0. The minimum Gasteiger partial charge on any atom is -0.451 e. The zero-order chi connectivity index (χ0) is 15.8. The molecule has 20 heavy (non-hydrogen) atoms. The lowest BCUT2D eigenvalue weighted by Crippen LogP contribution is -2.34. The van der Waals surface area contributed by atoms with Gasteiger partial charge in [-0.1, -0.05) is 6.08 Å². The summed E-state index contributed by atoms with van der Waals surface area (Å²) in [7, 11) is 0. The maximum absolute atomic E-state index is 11.7. The molecule has 0 atom stereocenters. The van der Waals surface area contributed by atoms with Crippen LogP contribution in [0.1, 0.15) is 46.5 Å². The molecule has 0 amide bonds. The number of nitrogens with zero attached hydrogens (tertiary/aromatic N) is 2. The van der Waals surface area contributed by atoms with Crippen LogP contribution in [0.15, 0.2) is 12.7 Å². The molecule has 0 aromatic heterocycles. The van der Waals surface area contributed by atoms with Gasteiger partial charge in [-0.15, -0.1) is 6.58 Å². The third-order valence-corrected chi connectivity index (χ3v) is 2.21. The van der Waals surface area contributed by atoms with Crippen LogP contribution in [0.25, 0.3) is 5.53 Å². The number of rotatable bonds is 8. The van der Waals surface area contributed by atoms with Gasteiger partial charge in [0.05, 0.1) is 0 Å². The van der Waals surface area contributed by atoms with Crippen molar-refractivity contribution in [3.8, 4) is 0 Å². The summed E-state index contributed by atoms with van der Waals surface area (Å²) in [5, 5.41) is 0. The first kappa shape index (κ1) is 17.9. The van der Waals surface area contributed by atoms with Gasteiger partial charge >= 0.3 is 11.7 Å². The smallest absolute Gasteiger partial charge is 0.441 e. The molecule has 0 bridgehead atoms. The van der Waals surface area contributed by atoms with Crippen LogP contribution in [0.3, 0.4) is 0 Å². The Morgan fingerprint density at radius 1 is 1.20 bits per heavy atom. The van der Waals surface area contributed by atoms with Crippen molar-refractivity contribution in [2.24, 2.45) is 0 Å². The minimum atomic E-state index is -0.997. The molecule has 0 aromatic rings. The number of ether oxygens (including phenoxy) is 1. The number of carbonyl (C=O) groups excluding carboxylic acids is 3. The van der Waals surface area contributed by atoms with Crippen LogP contribution in [-0.2, 0) is 19.1 Å². The lowest BCUT2D eigenvalue weighted by Gasteiger charge is -2.17. The highest BCUT2D eigenvalue weighted by Gasteiger charge is 2.33. The number of Topliss-reactive ketones (excluding diaryl/α,β-unsaturated/α-hetero) is 2. The van der Waals surface area contributed by atoms with Crippen molar-refractivity contribution in [1.82, 2.24) is 0 Å². The first-order valence-electron chi connectivity index (χ1n) is 6.32. The molecule has 0 aliphatic heterocycles. The maximum Gasteiger partial charge on any atom is 0.441 e. The molecule has 0 aromatic carbocycles. The number of hydrogen-bond donors (Lipinski definition) is 0. The highest BCUT2D eigenvalue weighted by molar-refractivity contribution is 6.62. The second-order valence-electron chi connectivity index (χ2n) is 5.24. The van der Waals surface area contributed by atoms with Crippen molar-refractivity contribution >= 4 is 23.2 Å². The van der Waals surface area contributed by atoms with E-state index in [1.165, 1.54) is 0 Å². The number of hydrogen-bond acceptors (Lipinski definition) is 4. The Hall–Kier alpha value is -2.07. The molecule has 0 N–H and O–H groups in total. The molecule has 0 aliphatic carbocycles. The van der Waals surface area contributed by atoms with Crippen LogP contribution in [0.5, 0.6) is 0 Å². The van der Waals surface area contributed by atoms with E-state index in [1.54, 1.807) is 26.8 Å². The number of carbonyl (C=O) groups is 3. The maximum atomic E-state index is 11.7.